The molecular weight excluding hydrogens is 268 g/mol. The molecule has 5 heteroatoms. The van der Waals surface area contributed by atoms with E-state index in [0.29, 0.717) is 6.42 Å². The molecule has 1 heterocycles. The van der Waals surface area contributed by atoms with Crippen molar-refractivity contribution in [1.29, 1.82) is 0 Å². The first-order valence-electron chi connectivity index (χ1n) is 7.54. The number of aliphatic hydroxyl groups excluding tert-OH is 1. The van der Waals surface area contributed by atoms with E-state index in [2.05, 4.69) is 10.6 Å². The molecule has 1 fully saturated rings. The largest absolute Gasteiger partial charge is 0.394 e. The predicted octanol–water partition coefficient (Wildman–Crippen LogP) is 0.475. The molecule has 0 aromatic heterocycles. The van der Waals surface area contributed by atoms with Crippen LogP contribution >= 0.6 is 0 Å². The van der Waals surface area contributed by atoms with Gasteiger partial charge in [0.15, 0.2) is 0 Å². The third-order valence-corrected chi connectivity index (χ3v) is 3.65. The van der Waals surface area contributed by atoms with E-state index >= 15 is 0 Å². The van der Waals surface area contributed by atoms with Crippen molar-refractivity contribution in [3.63, 3.8) is 0 Å². The van der Waals surface area contributed by atoms with Crippen LogP contribution in [0.15, 0.2) is 30.3 Å². The van der Waals surface area contributed by atoms with E-state index in [1.54, 1.807) is 0 Å². The molecule has 21 heavy (non-hydrogen) atoms. The lowest BCUT2D eigenvalue weighted by molar-refractivity contribution is -0.129. The SMILES string of the molecule is O=C(COC1CCNCC1)N[C@H](CO)Cc1ccccc1. The highest BCUT2D eigenvalue weighted by atomic mass is 16.5. The Morgan fingerprint density at radius 2 is 2.05 bits per heavy atom. The van der Waals surface area contributed by atoms with Gasteiger partial charge in [0, 0.05) is 0 Å². The number of hydrogen-bond donors (Lipinski definition) is 3. The lowest BCUT2D eigenvalue weighted by Crippen LogP contribution is -2.42. The van der Waals surface area contributed by atoms with Gasteiger partial charge in [-0.3, -0.25) is 4.79 Å². The van der Waals surface area contributed by atoms with E-state index in [1.165, 1.54) is 0 Å². The minimum absolute atomic E-state index is 0.0654. The predicted molar refractivity (Wildman–Crippen MR) is 81.0 cm³/mol. The van der Waals surface area contributed by atoms with Crippen LogP contribution in [0.5, 0.6) is 0 Å². The van der Waals surface area contributed by atoms with Gasteiger partial charge in [-0.2, -0.15) is 0 Å². The molecule has 0 bridgehead atoms. The van der Waals surface area contributed by atoms with E-state index in [0.717, 1.165) is 31.5 Å². The molecule has 1 saturated heterocycles. The van der Waals surface area contributed by atoms with Gasteiger partial charge >= 0.3 is 0 Å². The molecular formula is C16H24N2O3. The number of amides is 1. The lowest BCUT2D eigenvalue weighted by atomic mass is 10.1. The zero-order valence-corrected chi connectivity index (χ0v) is 12.3. The Morgan fingerprint density at radius 3 is 2.71 bits per heavy atom. The fraction of sp³-hybridized carbons (Fsp3) is 0.562. The van der Waals surface area contributed by atoms with Crippen molar-refractivity contribution in [1.82, 2.24) is 10.6 Å². The minimum atomic E-state index is -0.267. The summed E-state index contributed by atoms with van der Waals surface area (Å²) < 4.78 is 5.61. The second-order valence-corrected chi connectivity index (χ2v) is 5.40. The molecule has 0 spiro atoms. The molecule has 0 radical (unpaired) electrons. The van der Waals surface area contributed by atoms with Crippen LogP contribution in [0.25, 0.3) is 0 Å². The molecule has 1 aromatic rings. The summed E-state index contributed by atoms with van der Waals surface area (Å²) in [6.45, 7) is 1.88. The fourth-order valence-electron chi connectivity index (χ4n) is 2.48. The Hall–Kier alpha value is -1.43. The fourth-order valence-corrected chi connectivity index (χ4v) is 2.48. The first-order chi connectivity index (χ1) is 10.3. The summed E-state index contributed by atoms with van der Waals surface area (Å²) >= 11 is 0. The topological polar surface area (TPSA) is 70.6 Å². The van der Waals surface area contributed by atoms with Crippen molar-refractivity contribution in [2.45, 2.75) is 31.4 Å². The molecule has 1 aliphatic rings. The van der Waals surface area contributed by atoms with Crippen molar-refractivity contribution in [2.24, 2.45) is 0 Å². The molecule has 1 amide bonds. The number of aliphatic hydroxyl groups is 1. The summed E-state index contributed by atoms with van der Waals surface area (Å²) in [6, 6.07) is 9.55. The van der Waals surface area contributed by atoms with Crippen molar-refractivity contribution in [3.8, 4) is 0 Å². The van der Waals surface area contributed by atoms with Gasteiger partial charge in [0.25, 0.3) is 0 Å². The van der Waals surface area contributed by atoms with Crippen LogP contribution < -0.4 is 10.6 Å². The Labute approximate surface area is 125 Å². The third kappa shape index (κ3) is 5.83. The molecule has 1 aliphatic heterocycles. The Bertz CT molecular complexity index is 419. The number of carbonyl (C=O) groups excluding carboxylic acids is 1. The van der Waals surface area contributed by atoms with Gasteiger partial charge in [-0.25, -0.2) is 0 Å². The maximum atomic E-state index is 11.9. The van der Waals surface area contributed by atoms with Gasteiger partial charge in [0.2, 0.25) is 5.91 Å². The maximum Gasteiger partial charge on any atom is 0.246 e. The van der Waals surface area contributed by atoms with Gasteiger partial charge < -0.3 is 20.5 Å². The zero-order valence-electron chi connectivity index (χ0n) is 12.3. The summed E-state index contributed by atoms with van der Waals surface area (Å²) in [6.07, 6.45) is 2.68. The van der Waals surface area contributed by atoms with E-state index in [-0.39, 0.29) is 31.3 Å². The number of hydrogen-bond acceptors (Lipinski definition) is 4. The maximum absolute atomic E-state index is 11.9. The van der Waals surface area contributed by atoms with Gasteiger partial charge in [0.05, 0.1) is 18.8 Å². The molecule has 0 aliphatic carbocycles. The molecule has 0 saturated carbocycles. The number of nitrogens with one attached hydrogen (secondary N) is 2. The van der Waals surface area contributed by atoms with E-state index in [4.69, 9.17) is 4.74 Å². The summed E-state index contributed by atoms with van der Waals surface area (Å²) in [5, 5.41) is 15.5. The third-order valence-electron chi connectivity index (χ3n) is 3.65. The molecule has 1 aromatic carbocycles. The number of piperidine rings is 1. The zero-order chi connectivity index (χ0) is 14.9. The highest BCUT2D eigenvalue weighted by Gasteiger charge is 2.16. The molecule has 2 rings (SSSR count). The van der Waals surface area contributed by atoms with Crippen molar-refractivity contribution < 1.29 is 14.6 Å². The van der Waals surface area contributed by atoms with Gasteiger partial charge in [-0.05, 0) is 37.9 Å². The normalized spacial score (nSPS) is 17.4. The van der Waals surface area contributed by atoms with E-state index in [9.17, 15) is 9.90 Å². The molecule has 0 unspecified atom stereocenters. The van der Waals surface area contributed by atoms with Gasteiger partial charge in [-0.15, -0.1) is 0 Å². The van der Waals surface area contributed by atoms with Crippen molar-refractivity contribution in [2.75, 3.05) is 26.3 Å². The van der Waals surface area contributed by atoms with Gasteiger partial charge in [-0.1, -0.05) is 30.3 Å². The summed E-state index contributed by atoms with van der Waals surface area (Å²) in [5.74, 6) is -0.163. The quantitative estimate of drug-likeness (QED) is 0.683. The second kappa shape index (κ2) is 8.77. The Balaban J connectivity index is 1.71. The van der Waals surface area contributed by atoms with Gasteiger partial charge in [0.1, 0.15) is 6.61 Å². The van der Waals surface area contributed by atoms with Crippen LogP contribution in [-0.4, -0.2) is 49.5 Å². The highest BCUT2D eigenvalue weighted by molar-refractivity contribution is 5.77. The van der Waals surface area contributed by atoms with Crippen molar-refractivity contribution in [3.05, 3.63) is 35.9 Å². The molecule has 3 N–H and O–H groups in total. The Morgan fingerprint density at radius 1 is 1.33 bits per heavy atom. The van der Waals surface area contributed by atoms with Crippen LogP contribution in [0.3, 0.4) is 0 Å². The Kier molecular flexibility index (Phi) is 6.66. The van der Waals surface area contributed by atoms with Crippen LogP contribution in [-0.2, 0) is 16.0 Å². The molecule has 1 atom stereocenters. The summed E-state index contributed by atoms with van der Waals surface area (Å²) in [4.78, 5) is 11.9. The average Bonchev–Trinajstić information content (AvgIpc) is 2.54. The van der Waals surface area contributed by atoms with Crippen LogP contribution in [0.2, 0.25) is 0 Å². The van der Waals surface area contributed by atoms with Crippen LogP contribution in [0.4, 0.5) is 0 Å². The second-order valence-electron chi connectivity index (χ2n) is 5.40. The standard InChI is InChI=1S/C16H24N2O3/c19-11-14(10-13-4-2-1-3-5-13)18-16(20)12-21-15-6-8-17-9-7-15/h1-5,14-15,17,19H,6-12H2,(H,18,20)/t14-/m0/s1. The summed E-state index contributed by atoms with van der Waals surface area (Å²) in [5.41, 5.74) is 1.09. The highest BCUT2D eigenvalue weighted by Crippen LogP contribution is 2.07. The lowest BCUT2D eigenvalue weighted by Gasteiger charge is -2.23. The minimum Gasteiger partial charge on any atom is -0.394 e. The summed E-state index contributed by atoms with van der Waals surface area (Å²) in [7, 11) is 0. The van der Waals surface area contributed by atoms with E-state index in [1.807, 2.05) is 30.3 Å². The van der Waals surface area contributed by atoms with E-state index < -0.39 is 0 Å². The number of carbonyl (C=O) groups is 1. The number of rotatable bonds is 7. The van der Waals surface area contributed by atoms with Crippen LogP contribution in [0, 0.1) is 0 Å². The number of benzene rings is 1. The smallest absolute Gasteiger partial charge is 0.246 e. The molecule has 5 nitrogen and oxygen atoms in total. The number of ether oxygens (including phenoxy) is 1. The average molecular weight is 292 g/mol. The van der Waals surface area contributed by atoms with Crippen molar-refractivity contribution >= 4 is 5.91 Å². The molecule has 116 valence electrons. The first-order valence-corrected chi connectivity index (χ1v) is 7.54. The first kappa shape index (κ1) is 15.9. The monoisotopic (exact) mass is 292 g/mol. The van der Waals surface area contributed by atoms with Crippen LogP contribution in [0.1, 0.15) is 18.4 Å².